The third-order valence-corrected chi connectivity index (χ3v) is 6.78. The lowest BCUT2D eigenvalue weighted by Gasteiger charge is -2.13. The molecule has 164 valence electrons. The molecule has 0 spiro atoms. The monoisotopic (exact) mass is 456 g/mol. The molecule has 3 aliphatic rings. The lowest BCUT2D eigenvalue weighted by molar-refractivity contribution is 0.0952. The quantitative estimate of drug-likeness (QED) is 0.707. The summed E-state index contributed by atoms with van der Waals surface area (Å²) in [6, 6.07) is 14.2. The van der Waals surface area contributed by atoms with Crippen LogP contribution >= 0.6 is 11.8 Å². The van der Waals surface area contributed by atoms with Crippen molar-refractivity contribution in [3.05, 3.63) is 76.9 Å². The van der Waals surface area contributed by atoms with E-state index in [0.717, 1.165) is 29.0 Å². The molecular formula is C25H20N4O3S. The average molecular weight is 457 g/mol. The fraction of sp³-hybridized carbons (Fsp3) is 0.200. The summed E-state index contributed by atoms with van der Waals surface area (Å²) >= 11 is 1.62. The summed E-state index contributed by atoms with van der Waals surface area (Å²) in [6.07, 6.45) is 5.63. The molecule has 2 amide bonds. The van der Waals surface area contributed by atoms with E-state index in [-0.39, 0.29) is 17.1 Å². The highest BCUT2D eigenvalue weighted by atomic mass is 32.2. The molecule has 2 aromatic carbocycles. The number of para-hydroxylation sites is 1. The Morgan fingerprint density at radius 3 is 3.03 bits per heavy atom. The van der Waals surface area contributed by atoms with Crippen molar-refractivity contribution in [2.24, 2.45) is 4.99 Å². The lowest BCUT2D eigenvalue weighted by Crippen LogP contribution is -2.31. The molecule has 7 nitrogen and oxygen atoms in total. The summed E-state index contributed by atoms with van der Waals surface area (Å²) in [5, 5.41) is 16.0. The van der Waals surface area contributed by atoms with Crippen LogP contribution in [0.1, 0.15) is 33.6 Å². The molecule has 2 N–H and O–H groups in total. The van der Waals surface area contributed by atoms with Gasteiger partial charge in [0.05, 0.1) is 28.9 Å². The van der Waals surface area contributed by atoms with Gasteiger partial charge in [0.2, 0.25) is 0 Å². The van der Waals surface area contributed by atoms with Crippen LogP contribution in [0.4, 0.5) is 5.69 Å². The van der Waals surface area contributed by atoms with Gasteiger partial charge in [-0.1, -0.05) is 30.0 Å². The molecule has 0 saturated heterocycles. The molecule has 1 atom stereocenters. The van der Waals surface area contributed by atoms with Crippen molar-refractivity contribution in [1.29, 1.82) is 5.26 Å². The minimum Gasteiger partial charge on any atom is -0.454 e. The minimum absolute atomic E-state index is 0.129. The van der Waals surface area contributed by atoms with E-state index in [9.17, 15) is 9.59 Å². The normalized spacial score (nSPS) is 18.8. The number of nitrogens with zero attached hydrogens (tertiary/aromatic N) is 2. The van der Waals surface area contributed by atoms with Crippen molar-refractivity contribution < 1.29 is 14.3 Å². The maximum atomic E-state index is 12.8. The third-order valence-electron chi connectivity index (χ3n) is 5.55. The molecule has 0 saturated carbocycles. The minimum atomic E-state index is -0.278. The van der Waals surface area contributed by atoms with Crippen LogP contribution in [-0.2, 0) is 0 Å². The van der Waals surface area contributed by atoms with E-state index in [1.165, 1.54) is 0 Å². The number of nitrogens with one attached hydrogen (secondary N) is 2. The Kier molecular flexibility index (Phi) is 5.71. The summed E-state index contributed by atoms with van der Waals surface area (Å²) in [6.45, 7) is 1.07. The van der Waals surface area contributed by atoms with Crippen LogP contribution in [-0.4, -0.2) is 35.2 Å². The zero-order valence-corrected chi connectivity index (χ0v) is 18.4. The molecular weight excluding hydrogens is 436 g/mol. The molecule has 1 aliphatic carbocycles. The molecule has 8 heteroatoms. The Morgan fingerprint density at radius 1 is 1.27 bits per heavy atom. The van der Waals surface area contributed by atoms with Gasteiger partial charge in [-0.25, -0.2) is 0 Å². The Morgan fingerprint density at radius 2 is 2.15 bits per heavy atom. The van der Waals surface area contributed by atoms with Crippen LogP contribution in [0.25, 0.3) is 0 Å². The van der Waals surface area contributed by atoms with Crippen molar-refractivity contribution in [2.75, 3.05) is 18.4 Å². The highest BCUT2D eigenvalue weighted by molar-refractivity contribution is 8.15. The van der Waals surface area contributed by atoms with Gasteiger partial charge in [0.25, 0.3) is 11.8 Å². The van der Waals surface area contributed by atoms with E-state index in [0.29, 0.717) is 41.4 Å². The highest BCUT2D eigenvalue weighted by Gasteiger charge is 2.24. The SMILES string of the molecule is N#CC1=CC(C2=NCC(CNC(=O)c3ccc4c(c3)NC(=O)c3ccccc3O4)S2)=CCC1. The van der Waals surface area contributed by atoms with Gasteiger partial charge < -0.3 is 15.4 Å². The predicted molar refractivity (Wildman–Crippen MR) is 128 cm³/mol. The van der Waals surface area contributed by atoms with Crippen molar-refractivity contribution in [3.63, 3.8) is 0 Å². The Bertz CT molecular complexity index is 1290. The molecule has 0 bridgehead atoms. The zero-order chi connectivity index (χ0) is 22.8. The van der Waals surface area contributed by atoms with Gasteiger partial charge in [-0.15, -0.1) is 0 Å². The second-order valence-electron chi connectivity index (χ2n) is 7.84. The van der Waals surface area contributed by atoms with Crippen LogP contribution < -0.4 is 15.4 Å². The molecule has 1 unspecified atom stereocenters. The summed E-state index contributed by atoms with van der Waals surface area (Å²) in [5.74, 6) is 0.454. The smallest absolute Gasteiger partial charge is 0.259 e. The van der Waals surface area contributed by atoms with E-state index in [1.807, 2.05) is 6.08 Å². The fourth-order valence-electron chi connectivity index (χ4n) is 3.84. The standard InChI is InChI=1S/C25H20N4O3S/c26-12-15-4-3-5-17(10-15)25-28-14-18(33-25)13-27-23(30)16-8-9-22-20(11-16)29-24(31)19-6-1-2-7-21(19)32-22/h1-2,5-11,18H,3-4,13-14H2,(H,27,30)(H,29,31). The van der Waals surface area contributed by atoms with Crippen molar-refractivity contribution in [3.8, 4) is 17.6 Å². The van der Waals surface area contributed by atoms with Gasteiger partial charge in [0.1, 0.15) is 5.75 Å². The summed E-state index contributed by atoms with van der Waals surface area (Å²) in [7, 11) is 0. The number of hydrogen-bond acceptors (Lipinski definition) is 6. The molecule has 2 aromatic rings. The number of carbonyl (C=O) groups excluding carboxylic acids is 2. The number of aliphatic imine (C=N–C) groups is 1. The predicted octanol–water partition coefficient (Wildman–Crippen LogP) is 4.46. The lowest BCUT2D eigenvalue weighted by atomic mass is 10.0. The maximum Gasteiger partial charge on any atom is 0.259 e. The molecule has 5 rings (SSSR count). The van der Waals surface area contributed by atoms with Gasteiger partial charge >= 0.3 is 0 Å². The van der Waals surface area contributed by atoms with E-state index >= 15 is 0 Å². The average Bonchev–Trinajstić information content (AvgIpc) is 3.27. The first-order valence-corrected chi connectivity index (χ1v) is 11.5. The van der Waals surface area contributed by atoms with Crippen LogP contribution in [0.3, 0.4) is 0 Å². The number of amides is 2. The number of ether oxygens (including phenoxy) is 1. The van der Waals surface area contributed by atoms with Crippen molar-refractivity contribution >= 4 is 34.3 Å². The molecule has 33 heavy (non-hydrogen) atoms. The number of hydrogen-bond donors (Lipinski definition) is 2. The number of anilines is 1. The van der Waals surface area contributed by atoms with E-state index < -0.39 is 0 Å². The molecule has 0 fully saturated rings. The van der Waals surface area contributed by atoms with Gasteiger partial charge in [0, 0.05) is 28.5 Å². The second kappa shape index (κ2) is 8.96. The van der Waals surface area contributed by atoms with Crippen LogP contribution in [0, 0.1) is 11.3 Å². The van der Waals surface area contributed by atoms with Gasteiger partial charge in [0.15, 0.2) is 5.75 Å². The number of fused-ring (bicyclic) bond motifs is 2. The van der Waals surface area contributed by atoms with Crippen LogP contribution in [0.2, 0.25) is 0 Å². The molecule has 2 heterocycles. The summed E-state index contributed by atoms with van der Waals surface area (Å²) in [4.78, 5) is 29.9. The van der Waals surface area contributed by atoms with E-state index in [2.05, 4.69) is 27.8 Å². The number of carbonyl (C=O) groups is 2. The Hall–Kier alpha value is -3.83. The molecule has 2 aliphatic heterocycles. The molecule has 0 radical (unpaired) electrons. The Labute approximate surface area is 195 Å². The number of benzene rings is 2. The first kappa shape index (κ1) is 21.0. The van der Waals surface area contributed by atoms with Crippen LogP contribution in [0.5, 0.6) is 11.5 Å². The van der Waals surface area contributed by atoms with E-state index in [1.54, 1.807) is 54.2 Å². The van der Waals surface area contributed by atoms with Crippen LogP contribution in [0.15, 0.2) is 70.8 Å². The number of rotatable bonds is 4. The Balaban J connectivity index is 1.21. The second-order valence-corrected chi connectivity index (χ2v) is 9.13. The maximum absolute atomic E-state index is 12.8. The topological polar surface area (TPSA) is 104 Å². The first-order chi connectivity index (χ1) is 16.1. The molecule has 0 aromatic heterocycles. The van der Waals surface area contributed by atoms with E-state index in [4.69, 9.17) is 10.00 Å². The number of nitriles is 1. The highest BCUT2D eigenvalue weighted by Crippen LogP contribution is 2.36. The van der Waals surface area contributed by atoms with Crippen molar-refractivity contribution in [1.82, 2.24) is 5.32 Å². The zero-order valence-electron chi connectivity index (χ0n) is 17.6. The van der Waals surface area contributed by atoms with Crippen molar-refractivity contribution in [2.45, 2.75) is 18.1 Å². The van der Waals surface area contributed by atoms with Gasteiger partial charge in [-0.3, -0.25) is 14.6 Å². The van der Waals surface area contributed by atoms with Gasteiger partial charge in [-0.2, -0.15) is 5.26 Å². The largest absolute Gasteiger partial charge is 0.454 e. The summed E-state index contributed by atoms with van der Waals surface area (Å²) < 4.78 is 5.87. The third kappa shape index (κ3) is 4.41. The first-order valence-electron chi connectivity index (χ1n) is 10.6. The summed E-state index contributed by atoms with van der Waals surface area (Å²) in [5.41, 5.74) is 3.10. The van der Waals surface area contributed by atoms with Gasteiger partial charge in [-0.05, 0) is 49.2 Å². The fourth-order valence-corrected chi connectivity index (χ4v) is 4.90. The number of allylic oxidation sites excluding steroid dienone is 3. The number of thioether (sulfide) groups is 1.